The fourth-order valence-electron chi connectivity index (χ4n) is 1.24. The fraction of sp³-hybridized carbons (Fsp3) is 0.600. The van der Waals surface area contributed by atoms with E-state index < -0.39 is 0 Å². The molecule has 0 aromatic carbocycles. The summed E-state index contributed by atoms with van der Waals surface area (Å²) in [5.41, 5.74) is 0. The van der Waals surface area contributed by atoms with Gasteiger partial charge in [0.25, 0.3) is 0 Å². The highest BCUT2D eigenvalue weighted by atomic mass is 16.2. The molecule has 0 bridgehead atoms. The number of aromatic nitrogens is 2. The number of carbonyl (C=O) groups excluding carboxylic acids is 1. The first kappa shape index (κ1) is 11.7. The van der Waals surface area contributed by atoms with Gasteiger partial charge in [-0.05, 0) is 7.05 Å². The lowest BCUT2D eigenvalue weighted by molar-refractivity contribution is -0.130. The van der Waals surface area contributed by atoms with E-state index in [0.29, 0.717) is 13.0 Å². The Morgan fingerprint density at radius 2 is 2.40 bits per heavy atom. The minimum absolute atomic E-state index is 0.166. The van der Waals surface area contributed by atoms with Crippen LogP contribution in [0.15, 0.2) is 18.7 Å². The molecule has 0 aliphatic carbocycles. The number of likely N-dealkylation sites (N-methyl/N-ethyl adjacent to an activating group) is 2. The number of imidazole rings is 1. The van der Waals surface area contributed by atoms with Crippen LogP contribution in [0, 0.1) is 0 Å². The molecule has 1 aromatic rings. The molecule has 0 aliphatic rings. The van der Waals surface area contributed by atoms with Crippen molar-refractivity contribution in [1.29, 1.82) is 0 Å². The van der Waals surface area contributed by atoms with Crippen molar-refractivity contribution in [2.45, 2.75) is 13.0 Å². The van der Waals surface area contributed by atoms with E-state index >= 15 is 0 Å². The van der Waals surface area contributed by atoms with Crippen LogP contribution in [-0.2, 0) is 11.3 Å². The molecular weight excluding hydrogens is 192 g/mol. The molecule has 1 amide bonds. The summed E-state index contributed by atoms with van der Waals surface area (Å²) in [5, 5.41) is 3.01. The molecule has 15 heavy (non-hydrogen) atoms. The van der Waals surface area contributed by atoms with E-state index in [1.54, 1.807) is 17.4 Å². The third-order valence-electron chi connectivity index (χ3n) is 2.27. The van der Waals surface area contributed by atoms with Gasteiger partial charge in [-0.1, -0.05) is 0 Å². The summed E-state index contributed by atoms with van der Waals surface area (Å²) in [6.07, 6.45) is 5.83. The van der Waals surface area contributed by atoms with E-state index in [1.165, 1.54) is 0 Å². The van der Waals surface area contributed by atoms with Gasteiger partial charge in [0.2, 0.25) is 5.91 Å². The Bertz CT molecular complexity index is 284. The number of amides is 1. The lowest BCUT2D eigenvalue weighted by Gasteiger charge is -2.16. The Labute approximate surface area is 90.1 Å². The second-order valence-electron chi connectivity index (χ2n) is 3.47. The van der Waals surface area contributed by atoms with E-state index in [0.717, 1.165) is 13.1 Å². The molecule has 0 spiro atoms. The number of aryl methyl sites for hydroxylation is 1. The summed E-state index contributed by atoms with van der Waals surface area (Å²) >= 11 is 0. The van der Waals surface area contributed by atoms with E-state index in [4.69, 9.17) is 0 Å². The maximum Gasteiger partial charge on any atom is 0.224 e. The third kappa shape index (κ3) is 4.12. The zero-order chi connectivity index (χ0) is 11.1. The number of nitrogens with one attached hydrogen (secondary N) is 1. The predicted octanol–water partition coefficient (Wildman–Crippen LogP) is -0.0490. The van der Waals surface area contributed by atoms with E-state index in [1.807, 2.05) is 24.9 Å². The van der Waals surface area contributed by atoms with Gasteiger partial charge in [0.1, 0.15) is 0 Å². The van der Waals surface area contributed by atoms with Crippen LogP contribution in [0.25, 0.3) is 0 Å². The lowest BCUT2D eigenvalue weighted by atomic mass is 10.3. The standard InChI is InChI=1S/C10H18N4O/c1-11-4-7-13(2)10(15)3-6-14-8-5-12-9-14/h5,8-9,11H,3-4,6-7H2,1-2H3. The van der Waals surface area contributed by atoms with Crippen LogP contribution in [0.2, 0.25) is 0 Å². The average Bonchev–Trinajstić information content (AvgIpc) is 2.75. The van der Waals surface area contributed by atoms with Crippen molar-refractivity contribution in [2.24, 2.45) is 0 Å². The minimum atomic E-state index is 0.166. The zero-order valence-corrected chi connectivity index (χ0v) is 9.31. The average molecular weight is 210 g/mol. The second kappa shape index (κ2) is 6.19. The third-order valence-corrected chi connectivity index (χ3v) is 2.27. The summed E-state index contributed by atoms with van der Waals surface area (Å²) in [5.74, 6) is 0.166. The summed E-state index contributed by atoms with van der Waals surface area (Å²) in [6.45, 7) is 2.27. The maximum atomic E-state index is 11.6. The van der Waals surface area contributed by atoms with Gasteiger partial charge in [-0.15, -0.1) is 0 Å². The molecule has 0 saturated carbocycles. The first-order valence-electron chi connectivity index (χ1n) is 5.08. The summed E-state index contributed by atoms with van der Waals surface area (Å²) in [6, 6.07) is 0. The van der Waals surface area contributed by atoms with E-state index in [-0.39, 0.29) is 5.91 Å². The lowest BCUT2D eigenvalue weighted by Crippen LogP contribution is -2.33. The Morgan fingerprint density at radius 3 is 3.00 bits per heavy atom. The van der Waals surface area contributed by atoms with Gasteiger partial charge < -0.3 is 14.8 Å². The Balaban J connectivity index is 2.23. The van der Waals surface area contributed by atoms with Crippen LogP contribution in [-0.4, -0.2) is 47.5 Å². The van der Waals surface area contributed by atoms with Crippen LogP contribution < -0.4 is 5.32 Å². The first-order chi connectivity index (χ1) is 7.24. The second-order valence-corrected chi connectivity index (χ2v) is 3.47. The minimum Gasteiger partial charge on any atom is -0.344 e. The number of hydrogen-bond acceptors (Lipinski definition) is 3. The molecule has 0 saturated heterocycles. The molecule has 0 radical (unpaired) electrons. The molecule has 5 nitrogen and oxygen atoms in total. The Morgan fingerprint density at radius 1 is 1.60 bits per heavy atom. The smallest absolute Gasteiger partial charge is 0.224 e. The highest BCUT2D eigenvalue weighted by Gasteiger charge is 2.07. The molecule has 1 N–H and O–H groups in total. The van der Waals surface area contributed by atoms with Gasteiger partial charge in [-0.25, -0.2) is 4.98 Å². The molecule has 0 aliphatic heterocycles. The number of rotatable bonds is 6. The Kier molecular flexibility index (Phi) is 4.83. The molecule has 84 valence electrons. The summed E-state index contributed by atoms with van der Waals surface area (Å²) in [7, 11) is 3.71. The maximum absolute atomic E-state index is 11.6. The van der Waals surface area contributed by atoms with E-state index in [2.05, 4.69) is 10.3 Å². The van der Waals surface area contributed by atoms with Gasteiger partial charge >= 0.3 is 0 Å². The summed E-state index contributed by atoms with van der Waals surface area (Å²) < 4.78 is 1.91. The van der Waals surface area contributed by atoms with Gasteiger partial charge in [0.15, 0.2) is 0 Å². The molecule has 1 rings (SSSR count). The predicted molar refractivity (Wildman–Crippen MR) is 58.4 cm³/mol. The largest absolute Gasteiger partial charge is 0.344 e. The number of nitrogens with zero attached hydrogens (tertiary/aromatic N) is 3. The highest BCUT2D eigenvalue weighted by Crippen LogP contribution is 1.95. The van der Waals surface area contributed by atoms with Gasteiger partial charge in [-0.3, -0.25) is 4.79 Å². The van der Waals surface area contributed by atoms with Crippen molar-refractivity contribution < 1.29 is 4.79 Å². The highest BCUT2D eigenvalue weighted by molar-refractivity contribution is 5.75. The monoisotopic (exact) mass is 210 g/mol. The van der Waals surface area contributed by atoms with Crippen LogP contribution in [0.5, 0.6) is 0 Å². The fourth-order valence-corrected chi connectivity index (χ4v) is 1.24. The SMILES string of the molecule is CNCCN(C)C(=O)CCn1ccnc1. The summed E-state index contributed by atoms with van der Waals surface area (Å²) in [4.78, 5) is 17.3. The Hall–Kier alpha value is -1.36. The molecule has 5 heteroatoms. The molecule has 1 heterocycles. The molecule has 0 fully saturated rings. The van der Waals surface area contributed by atoms with E-state index in [9.17, 15) is 4.79 Å². The van der Waals surface area contributed by atoms with Gasteiger partial charge in [-0.2, -0.15) is 0 Å². The van der Waals surface area contributed by atoms with Crippen molar-refractivity contribution in [2.75, 3.05) is 27.2 Å². The quantitative estimate of drug-likeness (QED) is 0.716. The molecular formula is C10H18N4O. The number of carbonyl (C=O) groups is 1. The van der Waals surface area contributed by atoms with Crippen LogP contribution in [0.3, 0.4) is 0 Å². The molecule has 0 unspecified atom stereocenters. The van der Waals surface area contributed by atoms with Crippen LogP contribution in [0.4, 0.5) is 0 Å². The van der Waals surface area contributed by atoms with Gasteiger partial charge in [0.05, 0.1) is 6.33 Å². The van der Waals surface area contributed by atoms with Gasteiger partial charge in [0, 0.05) is 45.5 Å². The van der Waals surface area contributed by atoms with Crippen molar-refractivity contribution in [3.05, 3.63) is 18.7 Å². The normalized spacial score (nSPS) is 10.3. The van der Waals surface area contributed by atoms with Crippen molar-refractivity contribution in [3.63, 3.8) is 0 Å². The van der Waals surface area contributed by atoms with Crippen LogP contribution >= 0.6 is 0 Å². The first-order valence-corrected chi connectivity index (χ1v) is 5.08. The zero-order valence-electron chi connectivity index (χ0n) is 9.31. The van der Waals surface area contributed by atoms with Crippen LogP contribution in [0.1, 0.15) is 6.42 Å². The van der Waals surface area contributed by atoms with Crippen molar-refractivity contribution >= 4 is 5.91 Å². The van der Waals surface area contributed by atoms with Crippen molar-refractivity contribution in [1.82, 2.24) is 19.8 Å². The molecule has 1 aromatic heterocycles. The number of hydrogen-bond donors (Lipinski definition) is 1. The van der Waals surface area contributed by atoms with Crippen molar-refractivity contribution in [3.8, 4) is 0 Å². The molecule has 0 atom stereocenters. The topological polar surface area (TPSA) is 50.2 Å².